The molecule has 1 heterocycles. The van der Waals surface area contributed by atoms with E-state index >= 15 is 0 Å². The van der Waals surface area contributed by atoms with Crippen molar-refractivity contribution in [3.05, 3.63) is 33.9 Å². The number of nitro groups is 1. The van der Waals surface area contributed by atoms with E-state index in [1.54, 1.807) is 12.1 Å². The summed E-state index contributed by atoms with van der Waals surface area (Å²) in [6.45, 7) is 4.30. The molecule has 108 valence electrons. The average molecular weight is 278 g/mol. The molecule has 1 aromatic carbocycles. The average Bonchev–Trinajstić information content (AvgIpc) is 2.46. The fraction of sp³-hybridized carbons (Fsp3) is 0.462. The monoisotopic (exact) mass is 278 g/mol. The van der Waals surface area contributed by atoms with Crippen LogP contribution >= 0.6 is 0 Å². The standard InChI is InChI=1S/C13H18N4O3/c1-9-8-15-5-6-16(9)11-4-3-10(13(18)14-2)7-12(11)17(19)20/h3-4,7,9,15H,5-6,8H2,1-2H3,(H,14,18). The minimum absolute atomic E-state index is 0.0279. The molecule has 1 atom stereocenters. The second-order valence-electron chi connectivity index (χ2n) is 4.79. The maximum atomic E-state index is 11.6. The molecule has 1 fully saturated rings. The Balaban J connectivity index is 2.42. The van der Waals surface area contributed by atoms with Crippen LogP contribution in [0.3, 0.4) is 0 Å². The summed E-state index contributed by atoms with van der Waals surface area (Å²) in [6, 6.07) is 4.79. The minimum atomic E-state index is -0.434. The molecule has 0 radical (unpaired) electrons. The smallest absolute Gasteiger partial charge is 0.293 e. The van der Waals surface area contributed by atoms with E-state index in [-0.39, 0.29) is 17.6 Å². The third kappa shape index (κ3) is 2.72. The Morgan fingerprint density at radius 3 is 2.90 bits per heavy atom. The molecule has 2 rings (SSSR count). The lowest BCUT2D eigenvalue weighted by Gasteiger charge is -2.35. The SMILES string of the molecule is CNC(=O)c1ccc(N2CCNCC2C)c([N+](=O)[O-])c1. The van der Waals surface area contributed by atoms with E-state index in [0.29, 0.717) is 17.8 Å². The van der Waals surface area contributed by atoms with Gasteiger partial charge >= 0.3 is 0 Å². The molecule has 1 aliphatic rings. The van der Waals surface area contributed by atoms with E-state index in [1.807, 2.05) is 11.8 Å². The summed E-state index contributed by atoms with van der Waals surface area (Å²) in [5.41, 5.74) is 0.835. The lowest BCUT2D eigenvalue weighted by Crippen LogP contribution is -2.50. The number of hydrogen-bond donors (Lipinski definition) is 2. The number of nitrogens with one attached hydrogen (secondary N) is 2. The molecule has 1 aliphatic heterocycles. The van der Waals surface area contributed by atoms with Gasteiger partial charge in [0.25, 0.3) is 11.6 Å². The van der Waals surface area contributed by atoms with Gasteiger partial charge in [-0.15, -0.1) is 0 Å². The number of nitrogens with zero attached hydrogens (tertiary/aromatic N) is 2. The number of anilines is 1. The number of amides is 1. The maximum Gasteiger partial charge on any atom is 0.293 e. The van der Waals surface area contributed by atoms with Crippen molar-refractivity contribution in [1.82, 2.24) is 10.6 Å². The van der Waals surface area contributed by atoms with Gasteiger partial charge in [0, 0.05) is 44.4 Å². The van der Waals surface area contributed by atoms with Gasteiger partial charge < -0.3 is 15.5 Å². The van der Waals surface area contributed by atoms with Gasteiger partial charge in [0.1, 0.15) is 5.69 Å². The van der Waals surface area contributed by atoms with Crippen molar-refractivity contribution in [3.8, 4) is 0 Å². The zero-order chi connectivity index (χ0) is 14.7. The Bertz CT molecular complexity index is 532. The van der Waals surface area contributed by atoms with Crippen molar-refractivity contribution < 1.29 is 9.72 Å². The summed E-state index contributed by atoms with van der Waals surface area (Å²) in [4.78, 5) is 24.4. The van der Waals surface area contributed by atoms with E-state index in [9.17, 15) is 14.9 Å². The lowest BCUT2D eigenvalue weighted by molar-refractivity contribution is -0.384. The first-order valence-corrected chi connectivity index (χ1v) is 6.52. The molecule has 1 saturated heterocycles. The van der Waals surface area contributed by atoms with E-state index < -0.39 is 4.92 Å². The van der Waals surface area contributed by atoms with E-state index in [0.717, 1.165) is 13.1 Å². The summed E-state index contributed by atoms with van der Waals surface area (Å²) < 4.78 is 0. The third-order valence-electron chi connectivity index (χ3n) is 3.47. The minimum Gasteiger partial charge on any atom is -0.361 e. The van der Waals surface area contributed by atoms with Crippen molar-refractivity contribution in [2.75, 3.05) is 31.6 Å². The number of piperazine rings is 1. The first-order chi connectivity index (χ1) is 9.54. The molecule has 20 heavy (non-hydrogen) atoms. The molecule has 7 heteroatoms. The lowest BCUT2D eigenvalue weighted by atomic mass is 10.1. The van der Waals surface area contributed by atoms with Crippen LogP contribution in [0.1, 0.15) is 17.3 Å². The molecule has 1 aromatic rings. The predicted octanol–water partition coefficient (Wildman–Crippen LogP) is 0.753. The van der Waals surface area contributed by atoms with Crippen molar-refractivity contribution >= 4 is 17.3 Å². The van der Waals surface area contributed by atoms with E-state index in [4.69, 9.17) is 0 Å². The second-order valence-corrected chi connectivity index (χ2v) is 4.79. The van der Waals surface area contributed by atoms with E-state index in [2.05, 4.69) is 10.6 Å². The van der Waals surface area contributed by atoms with Crippen molar-refractivity contribution in [1.29, 1.82) is 0 Å². The highest BCUT2D eigenvalue weighted by atomic mass is 16.6. The fourth-order valence-electron chi connectivity index (χ4n) is 2.40. The van der Waals surface area contributed by atoms with E-state index in [1.165, 1.54) is 13.1 Å². The fourth-order valence-corrected chi connectivity index (χ4v) is 2.40. The highest BCUT2D eigenvalue weighted by Crippen LogP contribution is 2.31. The van der Waals surface area contributed by atoms with Gasteiger partial charge in [-0.3, -0.25) is 14.9 Å². The number of hydrogen-bond acceptors (Lipinski definition) is 5. The molecule has 0 spiro atoms. The van der Waals surface area contributed by atoms with Gasteiger partial charge in [-0.25, -0.2) is 0 Å². The van der Waals surface area contributed by atoms with Gasteiger partial charge in [0.2, 0.25) is 0 Å². The zero-order valence-electron chi connectivity index (χ0n) is 11.5. The van der Waals surface area contributed by atoms with Crippen LogP contribution in [0.4, 0.5) is 11.4 Å². The van der Waals surface area contributed by atoms with Crippen molar-refractivity contribution in [2.45, 2.75) is 13.0 Å². The Labute approximate surface area is 117 Å². The Hall–Kier alpha value is -2.15. The van der Waals surface area contributed by atoms with Crippen molar-refractivity contribution in [3.63, 3.8) is 0 Å². The summed E-state index contributed by atoms with van der Waals surface area (Å²) in [5.74, 6) is -0.326. The van der Waals surface area contributed by atoms with Crippen LogP contribution in [0.2, 0.25) is 0 Å². The zero-order valence-corrected chi connectivity index (χ0v) is 11.5. The van der Waals surface area contributed by atoms with Crippen LogP contribution in [-0.2, 0) is 0 Å². The number of carbonyl (C=O) groups is 1. The number of nitro benzene ring substituents is 1. The second kappa shape index (κ2) is 5.87. The number of carbonyl (C=O) groups excluding carboxylic acids is 1. The van der Waals surface area contributed by atoms with Gasteiger partial charge in [0.05, 0.1) is 4.92 Å². The molecule has 1 amide bonds. The van der Waals surface area contributed by atoms with Crippen LogP contribution < -0.4 is 15.5 Å². The summed E-state index contributed by atoms with van der Waals surface area (Å²) >= 11 is 0. The molecule has 2 N–H and O–H groups in total. The highest BCUT2D eigenvalue weighted by molar-refractivity contribution is 5.95. The number of benzene rings is 1. The summed E-state index contributed by atoms with van der Waals surface area (Å²) in [5, 5.41) is 17.0. The predicted molar refractivity (Wildman–Crippen MR) is 76.2 cm³/mol. The molecule has 0 bridgehead atoms. The highest BCUT2D eigenvalue weighted by Gasteiger charge is 2.26. The molecule has 0 saturated carbocycles. The third-order valence-corrected chi connectivity index (χ3v) is 3.47. The first kappa shape index (κ1) is 14.3. The first-order valence-electron chi connectivity index (χ1n) is 6.52. The summed E-state index contributed by atoms with van der Waals surface area (Å²) in [6.07, 6.45) is 0. The topological polar surface area (TPSA) is 87.5 Å². The Morgan fingerprint density at radius 1 is 1.55 bits per heavy atom. The Kier molecular flexibility index (Phi) is 4.19. The molecule has 0 aromatic heterocycles. The van der Waals surface area contributed by atoms with Crippen LogP contribution in [0.15, 0.2) is 18.2 Å². The molecular weight excluding hydrogens is 260 g/mol. The van der Waals surface area contributed by atoms with Crippen LogP contribution in [0.5, 0.6) is 0 Å². The normalized spacial score (nSPS) is 18.7. The quantitative estimate of drug-likeness (QED) is 0.629. The summed E-state index contributed by atoms with van der Waals surface area (Å²) in [7, 11) is 1.50. The van der Waals surface area contributed by atoms with Crippen LogP contribution in [0, 0.1) is 10.1 Å². The molecule has 1 unspecified atom stereocenters. The van der Waals surface area contributed by atoms with Gasteiger partial charge in [0.15, 0.2) is 0 Å². The van der Waals surface area contributed by atoms with Crippen LogP contribution in [-0.4, -0.2) is 43.6 Å². The molecule has 0 aliphatic carbocycles. The van der Waals surface area contributed by atoms with Crippen molar-refractivity contribution in [2.24, 2.45) is 0 Å². The number of rotatable bonds is 3. The molecule has 7 nitrogen and oxygen atoms in total. The van der Waals surface area contributed by atoms with Gasteiger partial charge in [-0.05, 0) is 19.1 Å². The largest absolute Gasteiger partial charge is 0.361 e. The maximum absolute atomic E-state index is 11.6. The molecular formula is C13H18N4O3. The Morgan fingerprint density at radius 2 is 2.30 bits per heavy atom. The van der Waals surface area contributed by atoms with Gasteiger partial charge in [-0.1, -0.05) is 0 Å². The van der Waals surface area contributed by atoms with Crippen LogP contribution in [0.25, 0.3) is 0 Å². The van der Waals surface area contributed by atoms with Gasteiger partial charge in [-0.2, -0.15) is 0 Å².